The van der Waals surface area contributed by atoms with Crippen LogP contribution in [0.15, 0.2) is 0 Å². The molecule has 1 fully saturated rings. The third kappa shape index (κ3) is 9.62. The molecule has 138 valence electrons. The van der Waals surface area contributed by atoms with Crippen molar-refractivity contribution in [3.8, 4) is 0 Å². The summed E-state index contributed by atoms with van der Waals surface area (Å²) in [5.74, 6) is 0.321. The van der Waals surface area contributed by atoms with Gasteiger partial charge in [0.05, 0.1) is 13.2 Å². The monoisotopic (exact) mass is 352 g/mol. The molecule has 7 heteroatoms. The quantitative estimate of drug-likeness (QED) is 0.402. The first-order valence-electron chi connectivity index (χ1n) is 8.85. The molecule has 0 bridgehead atoms. The van der Waals surface area contributed by atoms with Crippen LogP contribution in [-0.4, -0.2) is 38.6 Å². The third-order valence-corrected chi connectivity index (χ3v) is 4.70. The second-order valence-electron chi connectivity index (χ2n) is 6.25. The van der Waals surface area contributed by atoms with E-state index in [2.05, 4.69) is 18.0 Å². The molecule has 0 radical (unpaired) electrons. The summed E-state index contributed by atoms with van der Waals surface area (Å²) < 4.78 is 45.4. The van der Waals surface area contributed by atoms with Crippen LogP contribution in [0.25, 0.3) is 0 Å². The van der Waals surface area contributed by atoms with E-state index in [-0.39, 0.29) is 12.9 Å². The summed E-state index contributed by atoms with van der Waals surface area (Å²) in [6, 6.07) is 0. The highest BCUT2D eigenvalue weighted by atomic mass is 32.3. The van der Waals surface area contributed by atoms with Crippen molar-refractivity contribution in [2.45, 2.75) is 84.0 Å². The van der Waals surface area contributed by atoms with Gasteiger partial charge in [-0.05, 0) is 12.8 Å². The van der Waals surface area contributed by atoms with E-state index in [1.165, 1.54) is 44.9 Å². The lowest BCUT2D eigenvalue weighted by atomic mass is 9.97. The van der Waals surface area contributed by atoms with Gasteiger partial charge in [-0.15, -0.1) is 0 Å². The average molecular weight is 352 g/mol. The maximum atomic E-state index is 10.6. The maximum Gasteiger partial charge on any atom is 0.397 e. The van der Waals surface area contributed by atoms with Crippen LogP contribution in [0.3, 0.4) is 0 Å². The second kappa shape index (κ2) is 11.4. The van der Waals surface area contributed by atoms with Gasteiger partial charge in [0, 0.05) is 5.92 Å². The van der Waals surface area contributed by atoms with Crippen LogP contribution in [0.5, 0.6) is 0 Å². The zero-order valence-corrected chi connectivity index (χ0v) is 15.2. The van der Waals surface area contributed by atoms with Crippen LogP contribution in [0.2, 0.25) is 0 Å². The van der Waals surface area contributed by atoms with E-state index in [9.17, 15) is 8.42 Å². The van der Waals surface area contributed by atoms with Crippen molar-refractivity contribution < 1.29 is 26.6 Å². The number of rotatable bonds is 13. The molecule has 6 nitrogen and oxygen atoms in total. The molecule has 1 N–H and O–H groups in total. The highest BCUT2D eigenvalue weighted by Gasteiger charge is 2.32. The zero-order chi connectivity index (χ0) is 17.1. The molecule has 3 unspecified atom stereocenters. The van der Waals surface area contributed by atoms with E-state index >= 15 is 0 Å². The summed E-state index contributed by atoms with van der Waals surface area (Å²) in [5.41, 5.74) is 0. The van der Waals surface area contributed by atoms with Crippen LogP contribution >= 0.6 is 0 Å². The Morgan fingerprint density at radius 2 is 1.78 bits per heavy atom. The molecule has 23 heavy (non-hydrogen) atoms. The Bertz CT molecular complexity index is 397. The summed E-state index contributed by atoms with van der Waals surface area (Å²) in [4.78, 5) is 0. The Balaban J connectivity index is 2.17. The summed E-state index contributed by atoms with van der Waals surface area (Å²) in [5, 5.41) is 0. The van der Waals surface area contributed by atoms with Crippen molar-refractivity contribution in [3.05, 3.63) is 0 Å². The van der Waals surface area contributed by atoms with E-state index in [0.717, 1.165) is 12.8 Å². The minimum absolute atomic E-state index is 0.205. The molecular formula is C16H32O6S. The minimum Gasteiger partial charge on any atom is -0.350 e. The lowest BCUT2D eigenvalue weighted by Gasteiger charge is -2.21. The van der Waals surface area contributed by atoms with Crippen molar-refractivity contribution in [3.63, 3.8) is 0 Å². The fourth-order valence-electron chi connectivity index (χ4n) is 2.86. The van der Waals surface area contributed by atoms with Crippen LogP contribution in [-0.2, 0) is 24.1 Å². The van der Waals surface area contributed by atoms with E-state index in [0.29, 0.717) is 12.5 Å². The van der Waals surface area contributed by atoms with Gasteiger partial charge in [-0.25, -0.2) is 4.18 Å². The first kappa shape index (κ1) is 20.8. The molecule has 1 heterocycles. The highest BCUT2D eigenvalue weighted by molar-refractivity contribution is 7.80. The Labute approximate surface area is 140 Å². The first-order chi connectivity index (χ1) is 11.0. The summed E-state index contributed by atoms with van der Waals surface area (Å²) >= 11 is 0. The molecule has 3 atom stereocenters. The third-order valence-electron chi connectivity index (χ3n) is 4.26. The molecule has 0 aromatic carbocycles. The van der Waals surface area contributed by atoms with Gasteiger partial charge in [0.15, 0.2) is 6.29 Å². The normalized spacial score (nSPS) is 23.3. The minimum atomic E-state index is -4.42. The van der Waals surface area contributed by atoms with Gasteiger partial charge in [0.2, 0.25) is 0 Å². The van der Waals surface area contributed by atoms with Crippen molar-refractivity contribution in [1.29, 1.82) is 0 Å². The average Bonchev–Trinajstić information content (AvgIpc) is 2.96. The summed E-state index contributed by atoms with van der Waals surface area (Å²) in [7, 11) is -4.42. The van der Waals surface area contributed by atoms with Gasteiger partial charge in [-0.3, -0.25) is 4.55 Å². The van der Waals surface area contributed by atoms with Gasteiger partial charge >= 0.3 is 10.4 Å². The lowest BCUT2D eigenvalue weighted by Crippen LogP contribution is -2.25. The fraction of sp³-hybridized carbons (Fsp3) is 1.00. The van der Waals surface area contributed by atoms with Gasteiger partial charge < -0.3 is 9.47 Å². The van der Waals surface area contributed by atoms with E-state index in [1.807, 2.05) is 0 Å². The number of ether oxygens (including phenoxy) is 2. The van der Waals surface area contributed by atoms with Gasteiger partial charge in [-0.2, -0.15) is 8.42 Å². The Kier molecular flexibility index (Phi) is 10.3. The van der Waals surface area contributed by atoms with Crippen LogP contribution < -0.4 is 0 Å². The summed E-state index contributed by atoms with van der Waals surface area (Å²) in [6.07, 6.45) is 10.2. The van der Waals surface area contributed by atoms with Gasteiger partial charge in [-0.1, -0.05) is 58.8 Å². The van der Waals surface area contributed by atoms with E-state index < -0.39 is 16.5 Å². The Hall–Kier alpha value is -0.210. The lowest BCUT2D eigenvalue weighted by molar-refractivity contribution is -0.104. The van der Waals surface area contributed by atoms with Crippen molar-refractivity contribution >= 4 is 10.4 Å². The summed E-state index contributed by atoms with van der Waals surface area (Å²) in [6.45, 7) is 4.43. The SMILES string of the molecule is CCCCCCCCCC(CC)C1OCC(COS(=O)(=O)O)O1. The first-order valence-corrected chi connectivity index (χ1v) is 10.2. The predicted octanol–water partition coefficient (Wildman–Crippen LogP) is 3.71. The predicted molar refractivity (Wildman–Crippen MR) is 88.5 cm³/mol. The fourth-order valence-corrected chi connectivity index (χ4v) is 3.19. The largest absolute Gasteiger partial charge is 0.397 e. The number of unbranched alkanes of at least 4 members (excludes halogenated alkanes) is 6. The Morgan fingerprint density at radius 1 is 1.13 bits per heavy atom. The molecule has 1 saturated heterocycles. The molecule has 1 aliphatic rings. The van der Waals surface area contributed by atoms with Gasteiger partial charge in [0.25, 0.3) is 0 Å². The standard InChI is InChI=1S/C16H32O6S/c1-3-5-6-7-8-9-10-11-14(4-2)16-20-12-15(22-16)13-21-23(17,18)19/h14-16H,3-13H2,1-2H3,(H,17,18,19). The van der Waals surface area contributed by atoms with Crippen molar-refractivity contribution in [1.82, 2.24) is 0 Å². The van der Waals surface area contributed by atoms with Crippen molar-refractivity contribution in [2.75, 3.05) is 13.2 Å². The number of hydrogen-bond acceptors (Lipinski definition) is 5. The molecule has 0 saturated carbocycles. The highest BCUT2D eigenvalue weighted by Crippen LogP contribution is 2.26. The molecule has 0 aromatic heterocycles. The molecule has 0 spiro atoms. The smallest absolute Gasteiger partial charge is 0.350 e. The Morgan fingerprint density at radius 3 is 2.39 bits per heavy atom. The molecular weight excluding hydrogens is 320 g/mol. The zero-order valence-electron chi connectivity index (χ0n) is 14.4. The topological polar surface area (TPSA) is 82.1 Å². The molecule has 0 aromatic rings. The number of hydrogen-bond donors (Lipinski definition) is 1. The van der Waals surface area contributed by atoms with Crippen molar-refractivity contribution in [2.24, 2.45) is 5.92 Å². The van der Waals surface area contributed by atoms with Gasteiger partial charge in [0.1, 0.15) is 6.10 Å². The van der Waals surface area contributed by atoms with E-state index in [4.69, 9.17) is 14.0 Å². The molecule has 0 amide bonds. The van der Waals surface area contributed by atoms with Crippen LogP contribution in [0.1, 0.15) is 71.6 Å². The van der Waals surface area contributed by atoms with E-state index in [1.54, 1.807) is 0 Å². The van der Waals surface area contributed by atoms with Crippen LogP contribution in [0, 0.1) is 5.92 Å². The molecule has 0 aliphatic carbocycles. The molecule has 1 aliphatic heterocycles. The maximum absolute atomic E-state index is 10.6. The molecule has 1 rings (SSSR count). The second-order valence-corrected chi connectivity index (χ2v) is 7.34. The van der Waals surface area contributed by atoms with Crippen LogP contribution in [0.4, 0.5) is 0 Å².